The van der Waals surface area contributed by atoms with Crippen LogP contribution in [-0.4, -0.2) is 41.4 Å². The molecule has 3 rings (SSSR count). The van der Waals surface area contributed by atoms with E-state index in [2.05, 4.69) is 10.3 Å². The first-order valence-corrected chi connectivity index (χ1v) is 11.2. The van der Waals surface area contributed by atoms with Gasteiger partial charge in [0.25, 0.3) is 5.91 Å². The lowest BCUT2D eigenvalue weighted by molar-refractivity contribution is -0.127. The summed E-state index contributed by atoms with van der Waals surface area (Å²) in [5.74, 6) is -0.103. The van der Waals surface area contributed by atoms with Crippen molar-refractivity contribution < 1.29 is 14.4 Å². The van der Waals surface area contributed by atoms with Crippen LogP contribution >= 0.6 is 0 Å². The van der Waals surface area contributed by atoms with Gasteiger partial charge in [-0.2, -0.15) is 0 Å². The number of nitrogens with one attached hydrogen (secondary N) is 1. The van der Waals surface area contributed by atoms with Gasteiger partial charge in [0.05, 0.1) is 5.69 Å². The van der Waals surface area contributed by atoms with Crippen molar-refractivity contribution in [2.45, 2.75) is 40.0 Å². The van der Waals surface area contributed by atoms with Crippen LogP contribution in [0.3, 0.4) is 0 Å². The summed E-state index contributed by atoms with van der Waals surface area (Å²) in [6.45, 7) is 6.96. The minimum atomic E-state index is -0.325. The summed E-state index contributed by atoms with van der Waals surface area (Å²) in [4.78, 5) is 43.8. The number of ketones is 1. The maximum atomic E-state index is 13.1. The number of Topliss-reactive ketones (excluding diaryl/α,β-unsaturated/α-hetero) is 1. The summed E-state index contributed by atoms with van der Waals surface area (Å²) in [6, 6.07) is 11.9. The second-order valence-electron chi connectivity index (χ2n) is 8.11. The van der Waals surface area contributed by atoms with Crippen molar-refractivity contribution in [3.63, 3.8) is 0 Å². The molecule has 1 aliphatic heterocycles. The molecule has 0 bridgehead atoms. The summed E-state index contributed by atoms with van der Waals surface area (Å²) >= 11 is 0. The number of nitrogens with two attached hydrogens (primary N) is 1. The second kappa shape index (κ2) is 10.7. The first kappa shape index (κ1) is 23.9. The van der Waals surface area contributed by atoms with E-state index in [4.69, 9.17) is 5.73 Å². The average Bonchev–Trinajstić information content (AvgIpc) is 2.95. The molecule has 172 valence electrons. The number of fused-ring (bicyclic) bond motifs is 1. The van der Waals surface area contributed by atoms with Crippen LogP contribution in [0.5, 0.6) is 0 Å². The van der Waals surface area contributed by atoms with Crippen LogP contribution in [0.2, 0.25) is 0 Å². The van der Waals surface area contributed by atoms with Crippen molar-refractivity contribution in [1.82, 2.24) is 4.90 Å². The standard InChI is InChI=1S/C26H30N4O3/c1-4-11-30(12-5-2)26(33)21-13-19-9-10-20(15-23(19)29-24(27)16-21)25(32)28-22-8-6-7-18(14-22)17(3)31/h6-10,13-15H,4-5,11-12,16H2,1-3H3,(H2,27,29)(H,28,32). The number of nitrogens with zero attached hydrogens (tertiary/aromatic N) is 2. The average molecular weight is 447 g/mol. The Bertz CT molecular complexity index is 1130. The van der Waals surface area contributed by atoms with Gasteiger partial charge in [-0.3, -0.25) is 14.4 Å². The number of hydrogen-bond donors (Lipinski definition) is 2. The molecule has 0 radical (unpaired) electrons. The highest BCUT2D eigenvalue weighted by atomic mass is 16.2. The van der Waals surface area contributed by atoms with Crippen LogP contribution in [0.15, 0.2) is 53.0 Å². The number of rotatable bonds is 8. The van der Waals surface area contributed by atoms with Crippen molar-refractivity contribution in [3.8, 4) is 0 Å². The fourth-order valence-corrected chi connectivity index (χ4v) is 3.75. The molecular weight excluding hydrogens is 416 g/mol. The Morgan fingerprint density at radius 1 is 1.03 bits per heavy atom. The smallest absolute Gasteiger partial charge is 0.255 e. The highest BCUT2D eigenvalue weighted by Crippen LogP contribution is 2.29. The van der Waals surface area contributed by atoms with Crippen molar-refractivity contribution >= 4 is 40.9 Å². The molecule has 0 saturated carbocycles. The summed E-state index contributed by atoms with van der Waals surface area (Å²) in [7, 11) is 0. The van der Waals surface area contributed by atoms with E-state index in [0.717, 1.165) is 18.4 Å². The van der Waals surface area contributed by atoms with Crippen molar-refractivity contribution in [2.75, 3.05) is 18.4 Å². The summed E-state index contributed by atoms with van der Waals surface area (Å²) in [5, 5.41) is 2.81. The van der Waals surface area contributed by atoms with Gasteiger partial charge in [-0.1, -0.05) is 32.0 Å². The van der Waals surface area contributed by atoms with Crippen LogP contribution in [0, 0.1) is 0 Å². The zero-order chi connectivity index (χ0) is 24.0. The fourth-order valence-electron chi connectivity index (χ4n) is 3.75. The zero-order valence-corrected chi connectivity index (χ0v) is 19.4. The van der Waals surface area contributed by atoms with Gasteiger partial charge in [-0.15, -0.1) is 0 Å². The van der Waals surface area contributed by atoms with Gasteiger partial charge < -0.3 is 16.0 Å². The minimum absolute atomic E-state index is 0.0307. The maximum absolute atomic E-state index is 13.1. The monoisotopic (exact) mass is 446 g/mol. The molecule has 0 spiro atoms. The molecule has 7 heteroatoms. The number of amides is 2. The van der Waals surface area contributed by atoms with Crippen molar-refractivity contribution in [2.24, 2.45) is 10.7 Å². The molecule has 0 aromatic heterocycles. The molecule has 2 aromatic rings. The number of carbonyl (C=O) groups is 3. The van der Waals surface area contributed by atoms with E-state index < -0.39 is 0 Å². The lowest BCUT2D eigenvalue weighted by Crippen LogP contribution is -2.34. The third kappa shape index (κ3) is 5.94. The van der Waals surface area contributed by atoms with Crippen LogP contribution in [0.1, 0.15) is 66.3 Å². The Labute approximate surface area is 194 Å². The van der Waals surface area contributed by atoms with E-state index in [1.807, 2.05) is 24.8 Å². The van der Waals surface area contributed by atoms with Crippen LogP contribution < -0.4 is 11.1 Å². The molecule has 0 saturated heterocycles. The number of benzene rings is 2. The topological polar surface area (TPSA) is 105 Å². The fraction of sp³-hybridized carbons (Fsp3) is 0.308. The van der Waals surface area contributed by atoms with E-state index in [0.29, 0.717) is 47.0 Å². The molecule has 2 amide bonds. The summed E-state index contributed by atoms with van der Waals surface area (Å²) < 4.78 is 0. The third-order valence-corrected chi connectivity index (χ3v) is 5.33. The number of hydrogen-bond acceptors (Lipinski definition) is 5. The molecule has 0 aliphatic carbocycles. The lowest BCUT2D eigenvalue weighted by Gasteiger charge is -2.22. The van der Waals surface area contributed by atoms with E-state index >= 15 is 0 Å². The Hall–Kier alpha value is -3.74. The normalized spacial score (nSPS) is 12.7. The molecule has 0 atom stereocenters. The Morgan fingerprint density at radius 2 is 1.76 bits per heavy atom. The largest absolute Gasteiger partial charge is 0.387 e. The lowest BCUT2D eigenvalue weighted by atomic mass is 10.0. The van der Waals surface area contributed by atoms with E-state index in [1.165, 1.54) is 6.92 Å². The predicted molar refractivity (Wildman–Crippen MR) is 132 cm³/mol. The number of anilines is 1. The minimum Gasteiger partial charge on any atom is -0.387 e. The van der Waals surface area contributed by atoms with Gasteiger partial charge >= 0.3 is 0 Å². The van der Waals surface area contributed by atoms with Gasteiger partial charge in [0.1, 0.15) is 5.84 Å². The highest BCUT2D eigenvalue weighted by molar-refractivity contribution is 6.08. The molecule has 0 unspecified atom stereocenters. The van der Waals surface area contributed by atoms with Crippen LogP contribution in [0.25, 0.3) is 6.08 Å². The third-order valence-electron chi connectivity index (χ3n) is 5.33. The number of amidine groups is 1. The predicted octanol–water partition coefficient (Wildman–Crippen LogP) is 4.57. The first-order valence-electron chi connectivity index (χ1n) is 11.2. The van der Waals surface area contributed by atoms with E-state index in [1.54, 1.807) is 42.5 Å². The second-order valence-corrected chi connectivity index (χ2v) is 8.11. The van der Waals surface area contributed by atoms with Gasteiger partial charge in [-0.05, 0) is 50.1 Å². The van der Waals surface area contributed by atoms with E-state index in [-0.39, 0.29) is 24.0 Å². The van der Waals surface area contributed by atoms with E-state index in [9.17, 15) is 14.4 Å². The Kier molecular flexibility index (Phi) is 7.77. The van der Waals surface area contributed by atoms with Gasteiger partial charge in [-0.25, -0.2) is 4.99 Å². The summed E-state index contributed by atoms with van der Waals surface area (Å²) in [5.41, 5.74) is 9.46. The highest BCUT2D eigenvalue weighted by Gasteiger charge is 2.21. The molecule has 2 aromatic carbocycles. The molecule has 33 heavy (non-hydrogen) atoms. The first-order chi connectivity index (χ1) is 15.8. The molecule has 1 heterocycles. The van der Waals surface area contributed by atoms with Crippen molar-refractivity contribution in [1.29, 1.82) is 0 Å². The molecular formula is C26H30N4O3. The summed E-state index contributed by atoms with van der Waals surface area (Å²) in [6.07, 6.45) is 3.84. The molecule has 1 aliphatic rings. The van der Waals surface area contributed by atoms with Crippen LogP contribution in [-0.2, 0) is 4.79 Å². The van der Waals surface area contributed by atoms with Gasteiger partial charge in [0, 0.05) is 47.5 Å². The molecule has 3 N–H and O–H groups in total. The van der Waals surface area contributed by atoms with Crippen molar-refractivity contribution in [3.05, 3.63) is 64.7 Å². The number of aliphatic imine (C=N–C) groups is 1. The zero-order valence-electron chi connectivity index (χ0n) is 19.4. The Morgan fingerprint density at radius 3 is 2.42 bits per heavy atom. The number of carbonyl (C=O) groups excluding carboxylic acids is 3. The SMILES string of the molecule is CCCN(CCC)C(=O)C1=Cc2ccc(C(=O)Nc3cccc(C(C)=O)c3)cc2N=C(N)C1. The van der Waals surface area contributed by atoms with Crippen LogP contribution in [0.4, 0.5) is 11.4 Å². The van der Waals surface area contributed by atoms with Gasteiger partial charge in [0.15, 0.2) is 5.78 Å². The Balaban J connectivity index is 1.87. The molecule has 0 fully saturated rings. The maximum Gasteiger partial charge on any atom is 0.255 e. The molecule has 7 nitrogen and oxygen atoms in total. The van der Waals surface area contributed by atoms with Gasteiger partial charge in [0.2, 0.25) is 5.91 Å². The quantitative estimate of drug-likeness (QED) is 0.580.